The Kier molecular flexibility index (Phi) is 4.76. The van der Waals surface area contributed by atoms with Crippen LogP contribution in [0.15, 0.2) is 51.7 Å². The van der Waals surface area contributed by atoms with Crippen molar-refractivity contribution in [2.24, 2.45) is 0 Å². The molecule has 0 spiro atoms. The van der Waals surface area contributed by atoms with E-state index in [2.05, 4.69) is 6.92 Å². The van der Waals surface area contributed by atoms with Crippen molar-refractivity contribution in [3.05, 3.63) is 57.7 Å². The fourth-order valence-electron chi connectivity index (χ4n) is 2.41. The number of benzene rings is 2. The Morgan fingerprint density at radius 3 is 2.50 bits per heavy atom. The van der Waals surface area contributed by atoms with Gasteiger partial charge in [0.1, 0.15) is 22.8 Å². The van der Waals surface area contributed by atoms with E-state index in [9.17, 15) is 4.79 Å². The van der Waals surface area contributed by atoms with E-state index < -0.39 is 0 Å². The van der Waals surface area contributed by atoms with E-state index in [-0.39, 0.29) is 5.43 Å². The molecule has 24 heavy (non-hydrogen) atoms. The number of hydrogen-bond acceptors (Lipinski definition) is 4. The summed E-state index contributed by atoms with van der Waals surface area (Å²) in [6, 6.07) is 12.1. The number of methoxy groups -OCH3 is 1. The van der Waals surface area contributed by atoms with Gasteiger partial charge in [-0.15, -0.1) is 0 Å². The van der Waals surface area contributed by atoms with Gasteiger partial charge in [0.15, 0.2) is 5.43 Å². The molecule has 124 valence electrons. The first-order valence-electron chi connectivity index (χ1n) is 7.67. The molecule has 0 amide bonds. The number of ether oxygens (including phenoxy) is 2. The van der Waals surface area contributed by atoms with Gasteiger partial charge < -0.3 is 13.9 Å². The van der Waals surface area contributed by atoms with Gasteiger partial charge >= 0.3 is 0 Å². The Hall–Kier alpha value is -2.46. The van der Waals surface area contributed by atoms with Crippen LogP contribution in [-0.4, -0.2) is 13.7 Å². The Labute approximate surface area is 144 Å². The zero-order valence-electron chi connectivity index (χ0n) is 13.5. The molecule has 3 aromatic rings. The molecule has 0 aliphatic heterocycles. The van der Waals surface area contributed by atoms with Crippen molar-refractivity contribution in [1.29, 1.82) is 0 Å². The number of rotatable bonds is 5. The lowest BCUT2D eigenvalue weighted by molar-refractivity contribution is 0.317. The van der Waals surface area contributed by atoms with Gasteiger partial charge in [-0.25, -0.2) is 0 Å². The van der Waals surface area contributed by atoms with E-state index in [0.29, 0.717) is 34.1 Å². The highest BCUT2D eigenvalue weighted by molar-refractivity contribution is 6.35. The van der Waals surface area contributed by atoms with Crippen LogP contribution in [0.2, 0.25) is 5.02 Å². The lowest BCUT2D eigenvalue weighted by atomic mass is 10.1. The third kappa shape index (κ3) is 3.24. The molecule has 1 aromatic heterocycles. The molecule has 4 nitrogen and oxygen atoms in total. The second kappa shape index (κ2) is 6.97. The average Bonchev–Trinajstić information content (AvgIpc) is 2.59. The molecule has 0 aliphatic rings. The van der Waals surface area contributed by atoms with E-state index in [1.807, 2.05) is 24.3 Å². The Morgan fingerprint density at radius 2 is 1.83 bits per heavy atom. The highest BCUT2D eigenvalue weighted by atomic mass is 35.5. The lowest BCUT2D eigenvalue weighted by Crippen LogP contribution is -2.01. The van der Waals surface area contributed by atoms with Gasteiger partial charge in [0.2, 0.25) is 0 Å². The maximum Gasteiger partial charge on any atom is 0.194 e. The Bertz CT molecular complexity index is 913. The van der Waals surface area contributed by atoms with Crippen LogP contribution in [0.5, 0.6) is 11.5 Å². The third-order valence-electron chi connectivity index (χ3n) is 3.60. The van der Waals surface area contributed by atoms with Gasteiger partial charge in [0, 0.05) is 17.7 Å². The highest BCUT2D eigenvalue weighted by Gasteiger charge is 2.12. The van der Waals surface area contributed by atoms with Crippen molar-refractivity contribution >= 4 is 22.6 Å². The molecule has 0 radical (unpaired) electrons. The minimum Gasteiger partial charge on any atom is -0.497 e. The molecule has 0 saturated carbocycles. The van der Waals surface area contributed by atoms with Crippen LogP contribution in [0, 0.1) is 0 Å². The van der Waals surface area contributed by atoms with Gasteiger partial charge in [0.25, 0.3) is 0 Å². The van der Waals surface area contributed by atoms with E-state index in [1.165, 1.54) is 13.2 Å². The van der Waals surface area contributed by atoms with Crippen molar-refractivity contribution < 1.29 is 13.9 Å². The molecule has 0 N–H and O–H groups in total. The molecular formula is C19H17ClO4. The molecule has 0 bridgehead atoms. The fourth-order valence-corrected chi connectivity index (χ4v) is 2.71. The van der Waals surface area contributed by atoms with Crippen LogP contribution in [0.1, 0.15) is 13.3 Å². The highest BCUT2D eigenvalue weighted by Crippen LogP contribution is 2.30. The summed E-state index contributed by atoms with van der Waals surface area (Å²) in [7, 11) is 1.54. The van der Waals surface area contributed by atoms with E-state index in [1.54, 1.807) is 12.1 Å². The lowest BCUT2D eigenvalue weighted by Gasteiger charge is -2.08. The largest absolute Gasteiger partial charge is 0.497 e. The SMILES string of the molecule is CCCOc1ccc(-c2cc(=O)c3c(Cl)cc(OC)cc3o2)cc1. The summed E-state index contributed by atoms with van der Waals surface area (Å²) < 4.78 is 16.6. The minimum atomic E-state index is -0.190. The van der Waals surface area contributed by atoms with Crippen LogP contribution < -0.4 is 14.9 Å². The number of halogens is 1. The molecule has 2 aromatic carbocycles. The van der Waals surface area contributed by atoms with Gasteiger partial charge in [-0.3, -0.25) is 4.79 Å². The molecule has 0 unspecified atom stereocenters. The monoisotopic (exact) mass is 344 g/mol. The van der Waals surface area contributed by atoms with E-state index in [0.717, 1.165) is 17.7 Å². The number of fused-ring (bicyclic) bond motifs is 1. The summed E-state index contributed by atoms with van der Waals surface area (Å²) in [5, 5.41) is 0.664. The Morgan fingerprint density at radius 1 is 1.08 bits per heavy atom. The summed E-state index contributed by atoms with van der Waals surface area (Å²) in [6.07, 6.45) is 0.948. The molecule has 0 fully saturated rings. The quantitative estimate of drug-likeness (QED) is 0.659. The topological polar surface area (TPSA) is 48.7 Å². The third-order valence-corrected chi connectivity index (χ3v) is 3.90. The van der Waals surface area contributed by atoms with Crippen molar-refractivity contribution in [2.75, 3.05) is 13.7 Å². The summed E-state index contributed by atoms with van der Waals surface area (Å²) in [4.78, 5) is 12.4. The normalized spacial score (nSPS) is 10.8. The minimum absolute atomic E-state index is 0.190. The average molecular weight is 345 g/mol. The molecule has 1 heterocycles. The zero-order chi connectivity index (χ0) is 17.1. The van der Waals surface area contributed by atoms with Crippen molar-refractivity contribution in [3.8, 4) is 22.8 Å². The predicted octanol–water partition coefficient (Wildman–Crippen LogP) is 4.91. The van der Waals surface area contributed by atoms with Crippen LogP contribution in [0.25, 0.3) is 22.3 Å². The van der Waals surface area contributed by atoms with Crippen molar-refractivity contribution in [2.45, 2.75) is 13.3 Å². The Balaban J connectivity index is 2.05. The number of hydrogen-bond donors (Lipinski definition) is 0. The van der Waals surface area contributed by atoms with Gasteiger partial charge in [0.05, 0.1) is 24.1 Å². The van der Waals surface area contributed by atoms with Crippen molar-refractivity contribution in [3.63, 3.8) is 0 Å². The molecular weight excluding hydrogens is 328 g/mol. The predicted molar refractivity (Wildman–Crippen MR) is 95.3 cm³/mol. The smallest absolute Gasteiger partial charge is 0.194 e. The zero-order valence-corrected chi connectivity index (χ0v) is 14.2. The van der Waals surface area contributed by atoms with Crippen LogP contribution in [-0.2, 0) is 0 Å². The van der Waals surface area contributed by atoms with Crippen LogP contribution >= 0.6 is 11.6 Å². The van der Waals surface area contributed by atoms with Gasteiger partial charge in [-0.2, -0.15) is 0 Å². The first-order valence-corrected chi connectivity index (χ1v) is 8.05. The maximum atomic E-state index is 12.4. The molecule has 0 atom stereocenters. The van der Waals surface area contributed by atoms with E-state index in [4.69, 9.17) is 25.5 Å². The molecule has 0 aliphatic carbocycles. The summed E-state index contributed by atoms with van der Waals surface area (Å²) in [6.45, 7) is 2.72. The van der Waals surface area contributed by atoms with Crippen LogP contribution in [0.4, 0.5) is 0 Å². The molecule has 0 saturated heterocycles. The summed E-state index contributed by atoms with van der Waals surface area (Å²) >= 11 is 6.16. The van der Waals surface area contributed by atoms with Crippen molar-refractivity contribution in [1.82, 2.24) is 0 Å². The van der Waals surface area contributed by atoms with Gasteiger partial charge in [-0.1, -0.05) is 18.5 Å². The first-order chi connectivity index (χ1) is 11.6. The van der Waals surface area contributed by atoms with E-state index >= 15 is 0 Å². The maximum absolute atomic E-state index is 12.4. The first kappa shape index (κ1) is 16.4. The summed E-state index contributed by atoms with van der Waals surface area (Å²) in [5.41, 5.74) is 0.996. The second-order valence-electron chi connectivity index (χ2n) is 5.33. The standard InChI is InChI=1S/C19H17ClO4/c1-3-8-23-13-6-4-12(5-7-13)17-11-16(21)19-15(20)9-14(22-2)10-18(19)24-17/h4-7,9-11H,3,8H2,1-2H3. The second-order valence-corrected chi connectivity index (χ2v) is 5.74. The fraction of sp³-hybridized carbons (Fsp3) is 0.211. The van der Waals surface area contributed by atoms with Crippen LogP contribution in [0.3, 0.4) is 0 Å². The summed E-state index contributed by atoms with van der Waals surface area (Å²) in [5.74, 6) is 1.79. The molecule has 3 rings (SSSR count). The van der Waals surface area contributed by atoms with Gasteiger partial charge in [-0.05, 0) is 36.8 Å². The molecule has 5 heteroatoms.